The van der Waals surface area contributed by atoms with E-state index < -0.39 is 11.5 Å². The number of carbonyl (C=O) groups excluding carboxylic acids is 1. The first kappa shape index (κ1) is 19.1. The lowest BCUT2D eigenvalue weighted by Crippen LogP contribution is -2.43. The van der Waals surface area contributed by atoms with Crippen LogP contribution in [0.25, 0.3) is 0 Å². The highest BCUT2D eigenvalue weighted by atomic mass is 35.5. The summed E-state index contributed by atoms with van der Waals surface area (Å²) in [5.41, 5.74) is 1.92. The Hall–Kier alpha value is -2.66. The summed E-state index contributed by atoms with van der Waals surface area (Å²) in [4.78, 5) is 12.9. The molecule has 1 amide bonds. The molecule has 3 aromatic carbocycles. The molecular formula is C21H16Cl2N2O2. The lowest BCUT2D eigenvalue weighted by Gasteiger charge is -2.27. The number of nitrogens with one attached hydrogen (secondary N) is 1. The highest BCUT2D eigenvalue weighted by Crippen LogP contribution is 2.30. The van der Waals surface area contributed by atoms with Gasteiger partial charge in [0.15, 0.2) is 5.60 Å². The minimum Gasteiger partial charge on any atom is -0.372 e. The Morgan fingerprint density at radius 1 is 0.889 bits per heavy atom. The first-order chi connectivity index (χ1) is 13.0. The summed E-state index contributed by atoms with van der Waals surface area (Å²) in [6, 6.07) is 22.5. The van der Waals surface area contributed by atoms with Gasteiger partial charge in [0, 0.05) is 5.56 Å². The number of benzene rings is 3. The molecule has 0 saturated heterocycles. The monoisotopic (exact) mass is 398 g/mol. The lowest BCUT2D eigenvalue weighted by molar-refractivity contribution is -0.136. The molecule has 2 N–H and O–H groups in total. The second-order valence-corrected chi connectivity index (χ2v) is 6.57. The first-order valence-corrected chi connectivity index (χ1v) is 8.90. The molecule has 27 heavy (non-hydrogen) atoms. The third kappa shape index (κ3) is 4.03. The van der Waals surface area contributed by atoms with Gasteiger partial charge in [0.25, 0.3) is 5.91 Å². The number of hydrazone groups is 1. The number of amides is 1. The van der Waals surface area contributed by atoms with Gasteiger partial charge in [-0.1, -0.05) is 96.0 Å². The summed E-state index contributed by atoms with van der Waals surface area (Å²) in [5, 5.41) is 15.9. The van der Waals surface area contributed by atoms with Crippen LogP contribution in [0.3, 0.4) is 0 Å². The summed E-state index contributed by atoms with van der Waals surface area (Å²) >= 11 is 12.1. The number of halogens is 2. The van der Waals surface area contributed by atoms with E-state index >= 15 is 0 Å². The van der Waals surface area contributed by atoms with Crippen molar-refractivity contribution in [1.29, 1.82) is 0 Å². The maximum Gasteiger partial charge on any atom is 0.281 e. The molecule has 136 valence electrons. The van der Waals surface area contributed by atoms with Crippen molar-refractivity contribution in [2.75, 3.05) is 0 Å². The van der Waals surface area contributed by atoms with Crippen LogP contribution < -0.4 is 5.43 Å². The van der Waals surface area contributed by atoms with E-state index in [4.69, 9.17) is 23.2 Å². The Labute approximate surface area is 167 Å². The van der Waals surface area contributed by atoms with E-state index in [1.54, 1.807) is 66.7 Å². The SMILES string of the molecule is O=C(N/N=C\c1cccc(Cl)c1Cl)C(O)(c1ccccc1)c1ccccc1. The molecule has 0 aliphatic rings. The fourth-order valence-electron chi connectivity index (χ4n) is 2.65. The number of nitrogens with zero attached hydrogens (tertiary/aromatic N) is 1. The van der Waals surface area contributed by atoms with Crippen molar-refractivity contribution in [3.05, 3.63) is 106 Å². The molecule has 0 saturated carbocycles. The summed E-state index contributed by atoms with van der Waals surface area (Å²) in [5.74, 6) is -0.686. The molecule has 0 aliphatic heterocycles. The molecule has 0 spiro atoms. The number of hydrogen-bond acceptors (Lipinski definition) is 3. The number of carbonyl (C=O) groups is 1. The van der Waals surface area contributed by atoms with E-state index in [1.807, 2.05) is 12.1 Å². The molecule has 0 heterocycles. The Kier molecular flexibility index (Phi) is 5.91. The van der Waals surface area contributed by atoms with Crippen molar-refractivity contribution in [2.45, 2.75) is 5.60 Å². The van der Waals surface area contributed by atoms with Crippen molar-refractivity contribution in [3.63, 3.8) is 0 Å². The van der Waals surface area contributed by atoms with Gasteiger partial charge in [-0.15, -0.1) is 0 Å². The summed E-state index contributed by atoms with van der Waals surface area (Å²) in [7, 11) is 0. The third-order valence-corrected chi connectivity index (χ3v) is 4.90. The van der Waals surface area contributed by atoms with Crippen LogP contribution >= 0.6 is 23.2 Å². The zero-order valence-electron chi connectivity index (χ0n) is 14.1. The molecule has 3 rings (SSSR count). The molecule has 0 atom stereocenters. The summed E-state index contributed by atoms with van der Waals surface area (Å²) in [6.45, 7) is 0. The fraction of sp³-hybridized carbons (Fsp3) is 0.0476. The fourth-order valence-corrected chi connectivity index (χ4v) is 3.01. The highest BCUT2D eigenvalue weighted by molar-refractivity contribution is 6.43. The Balaban J connectivity index is 1.91. The first-order valence-electron chi connectivity index (χ1n) is 8.14. The minimum atomic E-state index is -1.89. The predicted molar refractivity (Wildman–Crippen MR) is 108 cm³/mol. The normalized spacial score (nSPS) is 11.5. The van der Waals surface area contributed by atoms with Gasteiger partial charge in [-0.25, -0.2) is 5.43 Å². The van der Waals surface area contributed by atoms with Crippen LogP contribution in [0.2, 0.25) is 10.0 Å². The second kappa shape index (κ2) is 8.35. The second-order valence-electron chi connectivity index (χ2n) is 5.78. The van der Waals surface area contributed by atoms with Gasteiger partial charge in [-0.05, 0) is 17.2 Å². The average molecular weight is 399 g/mol. The molecular weight excluding hydrogens is 383 g/mol. The minimum absolute atomic E-state index is 0.332. The number of rotatable bonds is 5. The number of hydrogen-bond donors (Lipinski definition) is 2. The van der Waals surface area contributed by atoms with E-state index in [0.29, 0.717) is 26.7 Å². The Morgan fingerprint density at radius 3 is 2.00 bits per heavy atom. The zero-order chi connectivity index (χ0) is 19.3. The largest absolute Gasteiger partial charge is 0.372 e. The maximum atomic E-state index is 12.9. The van der Waals surface area contributed by atoms with Crippen molar-refractivity contribution < 1.29 is 9.90 Å². The van der Waals surface area contributed by atoms with E-state index in [9.17, 15) is 9.90 Å². The Morgan fingerprint density at radius 2 is 1.44 bits per heavy atom. The molecule has 0 unspecified atom stereocenters. The molecule has 4 nitrogen and oxygen atoms in total. The third-order valence-electron chi connectivity index (χ3n) is 4.06. The molecule has 0 aliphatic carbocycles. The van der Waals surface area contributed by atoms with E-state index in [0.717, 1.165) is 0 Å². The summed E-state index contributed by atoms with van der Waals surface area (Å²) < 4.78 is 0. The molecule has 0 radical (unpaired) electrons. The van der Waals surface area contributed by atoms with Gasteiger partial charge < -0.3 is 5.11 Å². The van der Waals surface area contributed by atoms with E-state index in [2.05, 4.69) is 10.5 Å². The van der Waals surface area contributed by atoms with Crippen LogP contribution in [0.1, 0.15) is 16.7 Å². The van der Waals surface area contributed by atoms with Crippen LogP contribution in [-0.2, 0) is 10.4 Å². The molecule has 0 fully saturated rings. The number of aliphatic hydroxyl groups is 1. The van der Waals surface area contributed by atoms with Gasteiger partial charge in [0.2, 0.25) is 0 Å². The molecule has 3 aromatic rings. The smallest absolute Gasteiger partial charge is 0.281 e. The van der Waals surface area contributed by atoms with Crippen LogP contribution in [0.15, 0.2) is 84.0 Å². The van der Waals surface area contributed by atoms with Gasteiger partial charge in [0.05, 0.1) is 16.3 Å². The zero-order valence-corrected chi connectivity index (χ0v) is 15.7. The van der Waals surface area contributed by atoms with Crippen LogP contribution in [-0.4, -0.2) is 17.2 Å². The van der Waals surface area contributed by atoms with Crippen molar-refractivity contribution in [2.24, 2.45) is 5.10 Å². The van der Waals surface area contributed by atoms with Gasteiger partial charge >= 0.3 is 0 Å². The standard InChI is InChI=1S/C21H16Cl2N2O2/c22-18-13-7-8-15(19(18)23)14-24-25-20(26)21(27,16-9-3-1-4-10-16)17-11-5-2-6-12-17/h1-14,27H,(H,25,26)/b24-14-. The predicted octanol–water partition coefficient (Wildman–Crippen LogP) is 4.38. The molecule has 0 aromatic heterocycles. The maximum absolute atomic E-state index is 12.9. The van der Waals surface area contributed by atoms with Crippen LogP contribution in [0.5, 0.6) is 0 Å². The average Bonchev–Trinajstić information content (AvgIpc) is 2.71. The summed E-state index contributed by atoms with van der Waals surface area (Å²) in [6.07, 6.45) is 1.38. The van der Waals surface area contributed by atoms with E-state index in [-0.39, 0.29) is 0 Å². The lowest BCUT2D eigenvalue weighted by atomic mass is 9.85. The van der Waals surface area contributed by atoms with Crippen molar-refractivity contribution >= 4 is 35.3 Å². The van der Waals surface area contributed by atoms with Gasteiger partial charge in [-0.2, -0.15) is 5.10 Å². The van der Waals surface area contributed by atoms with Gasteiger partial charge in [-0.3, -0.25) is 4.79 Å². The van der Waals surface area contributed by atoms with Gasteiger partial charge in [0.1, 0.15) is 0 Å². The molecule has 6 heteroatoms. The van der Waals surface area contributed by atoms with Crippen molar-refractivity contribution in [3.8, 4) is 0 Å². The van der Waals surface area contributed by atoms with Crippen LogP contribution in [0.4, 0.5) is 0 Å². The molecule has 0 bridgehead atoms. The van der Waals surface area contributed by atoms with Crippen LogP contribution in [0, 0.1) is 0 Å². The van der Waals surface area contributed by atoms with E-state index in [1.165, 1.54) is 6.21 Å². The highest BCUT2D eigenvalue weighted by Gasteiger charge is 2.39. The quantitative estimate of drug-likeness (QED) is 0.494. The van der Waals surface area contributed by atoms with Crippen molar-refractivity contribution in [1.82, 2.24) is 5.43 Å². The Bertz CT molecular complexity index is 921. The topological polar surface area (TPSA) is 61.7 Å².